The van der Waals surface area contributed by atoms with Crippen LogP contribution in [0, 0.1) is 12.8 Å². The maximum absolute atomic E-state index is 12.4. The molecule has 1 aliphatic rings. The van der Waals surface area contributed by atoms with Gasteiger partial charge in [-0.2, -0.15) is 0 Å². The molecule has 2 aromatic rings. The molecule has 1 fully saturated rings. The van der Waals surface area contributed by atoms with Crippen LogP contribution in [0.5, 0.6) is 0 Å². The summed E-state index contributed by atoms with van der Waals surface area (Å²) in [5.41, 5.74) is 3.89. The van der Waals surface area contributed by atoms with Gasteiger partial charge in [0.25, 0.3) is 0 Å². The minimum absolute atomic E-state index is 0.000411. The standard InChI is InChI=1S/C20H22N2O2S/c1-13(2)19(24)21-16-9-7-15(8-10-16)20-22(18(23)12-25-20)17-6-4-5-14(3)11-17/h4-11,13,20H,12H2,1-3H3,(H,21,24)/t20-/m1/s1. The van der Waals surface area contributed by atoms with Gasteiger partial charge in [0.2, 0.25) is 11.8 Å². The van der Waals surface area contributed by atoms with Crippen LogP contribution in [0.4, 0.5) is 11.4 Å². The largest absolute Gasteiger partial charge is 0.326 e. The van der Waals surface area contributed by atoms with Crippen molar-refractivity contribution in [2.75, 3.05) is 16.0 Å². The lowest BCUT2D eigenvalue weighted by atomic mass is 10.1. The van der Waals surface area contributed by atoms with Gasteiger partial charge < -0.3 is 5.32 Å². The third-order valence-corrected chi connectivity index (χ3v) is 5.35. The summed E-state index contributed by atoms with van der Waals surface area (Å²) in [4.78, 5) is 26.1. The molecule has 1 atom stereocenters. The molecule has 5 heteroatoms. The Labute approximate surface area is 152 Å². The van der Waals surface area contributed by atoms with Gasteiger partial charge in [-0.1, -0.05) is 38.1 Å². The van der Waals surface area contributed by atoms with Crippen LogP contribution in [0.2, 0.25) is 0 Å². The Balaban J connectivity index is 1.82. The fourth-order valence-corrected chi connectivity index (χ4v) is 3.92. The van der Waals surface area contributed by atoms with Gasteiger partial charge in [0.15, 0.2) is 0 Å². The number of benzene rings is 2. The van der Waals surface area contributed by atoms with E-state index in [1.807, 2.05) is 74.2 Å². The number of nitrogens with zero attached hydrogens (tertiary/aromatic N) is 1. The Morgan fingerprint density at radius 2 is 1.92 bits per heavy atom. The van der Waals surface area contributed by atoms with E-state index in [-0.39, 0.29) is 23.1 Å². The highest BCUT2D eigenvalue weighted by molar-refractivity contribution is 8.00. The first-order chi connectivity index (χ1) is 12.0. The van der Waals surface area contributed by atoms with Crippen LogP contribution in [-0.4, -0.2) is 17.6 Å². The number of carbonyl (C=O) groups is 2. The first kappa shape index (κ1) is 17.5. The summed E-state index contributed by atoms with van der Waals surface area (Å²) >= 11 is 1.63. The van der Waals surface area contributed by atoms with E-state index in [1.54, 1.807) is 11.8 Å². The molecule has 2 aromatic carbocycles. The van der Waals surface area contributed by atoms with Gasteiger partial charge in [0, 0.05) is 17.3 Å². The van der Waals surface area contributed by atoms with E-state index in [4.69, 9.17) is 0 Å². The van der Waals surface area contributed by atoms with Crippen molar-refractivity contribution < 1.29 is 9.59 Å². The van der Waals surface area contributed by atoms with Gasteiger partial charge in [-0.25, -0.2) is 0 Å². The molecular formula is C20H22N2O2S. The monoisotopic (exact) mass is 354 g/mol. The lowest BCUT2D eigenvalue weighted by Gasteiger charge is -2.25. The summed E-state index contributed by atoms with van der Waals surface area (Å²) in [7, 11) is 0. The molecule has 0 saturated carbocycles. The van der Waals surface area contributed by atoms with Gasteiger partial charge in [-0.05, 0) is 42.3 Å². The van der Waals surface area contributed by atoms with Gasteiger partial charge in [-0.15, -0.1) is 11.8 Å². The maximum Gasteiger partial charge on any atom is 0.238 e. The molecule has 25 heavy (non-hydrogen) atoms. The van der Waals surface area contributed by atoms with Crippen molar-refractivity contribution >= 4 is 35.0 Å². The third-order valence-electron chi connectivity index (χ3n) is 4.14. The van der Waals surface area contributed by atoms with Crippen molar-refractivity contribution in [3.8, 4) is 0 Å². The zero-order valence-corrected chi connectivity index (χ0v) is 15.5. The molecule has 3 rings (SSSR count). The van der Waals surface area contributed by atoms with Crippen LogP contribution in [0.1, 0.15) is 30.3 Å². The molecule has 1 saturated heterocycles. The second kappa shape index (κ2) is 7.31. The zero-order chi connectivity index (χ0) is 18.0. The second-order valence-electron chi connectivity index (χ2n) is 6.53. The Hall–Kier alpha value is -2.27. The molecule has 0 bridgehead atoms. The van der Waals surface area contributed by atoms with Crippen LogP contribution < -0.4 is 10.2 Å². The van der Waals surface area contributed by atoms with Crippen LogP contribution in [-0.2, 0) is 9.59 Å². The van der Waals surface area contributed by atoms with Crippen LogP contribution in [0.25, 0.3) is 0 Å². The molecule has 0 spiro atoms. The first-order valence-corrected chi connectivity index (χ1v) is 9.42. The molecule has 130 valence electrons. The van der Waals surface area contributed by atoms with Crippen molar-refractivity contribution in [1.29, 1.82) is 0 Å². The lowest BCUT2D eigenvalue weighted by Crippen LogP contribution is -2.27. The average Bonchev–Trinajstić information content (AvgIpc) is 2.97. The summed E-state index contributed by atoms with van der Waals surface area (Å²) in [6.45, 7) is 5.76. The summed E-state index contributed by atoms with van der Waals surface area (Å²) < 4.78 is 0. The van der Waals surface area contributed by atoms with E-state index >= 15 is 0 Å². The topological polar surface area (TPSA) is 49.4 Å². The molecule has 0 radical (unpaired) electrons. The van der Waals surface area contributed by atoms with Gasteiger partial charge in [0.05, 0.1) is 5.75 Å². The van der Waals surface area contributed by atoms with Crippen LogP contribution in [0.3, 0.4) is 0 Å². The summed E-state index contributed by atoms with van der Waals surface area (Å²) in [6.07, 6.45) is 0. The number of carbonyl (C=O) groups excluding carboxylic acids is 2. The molecule has 0 aliphatic carbocycles. The SMILES string of the molecule is Cc1cccc(N2C(=O)CS[C@@H]2c2ccc(NC(=O)C(C)C)cc2)c1. The maximum atomic E-state index is 12.4. The highest BCUT2D eigenvalue weighted by Gasteiger charge is 2.34. The Morgan fingerprint density at radius 3 is 2.56 bits per heavy atom. The number of amides is 2. The summed E-state index contributed by atoms with van der Waals surface area (Å²) in [5.74, 6) is 0.543. The average molecular weight is 354 g/mol. The van der Waals surface area contributed by atoms with Crippen molar-refractivity contribution in [2.45, 2.75) is 26.1 Å². The van der Waals surface area contributed by atoms with E-state index in [1.165, 1.54) is 0 Å². The van der Waals surface area contributed by atoms with Gasteiger partial charge >= 0.3 is 0 Å². The van der Waals surface area contributed by atoms with Crippen LogP contribution in [0.15, 0.2) is 48.5 Å². The number of hydrogen-bond donors (Lipinski definition) is 1. The van der Waals surface area contributed by atoms with Crippen molar-refractivity contribution in [2.24, 2.45) is 5.92 Å². The Bertz CT molecular complexity index is 787. The Kier molecular flexibility index (Phi) is 5.13. The molecule has 0 unspecified atom stereocenters. The van der Waals surface area contributed by atoms with Gasteiger partial charge in [-0.3, -0.25) is 14.5 Å². The summed E-state index contributed by atoms with van der Waals surface area (Å²) in [5, 5.41) is 2.85. The highest BCUT2D eigenvalue weighted by atomic mass is 32.2. The molecule has 1 heterocycles. The molecule has 0 aromatic heterocycles. The molecule has 1 aliphatic heterocycles. The molecule has 1 N–H and O–H groups in total. The van der Waals surface area contributed by atoms with E-state index in [9.17, 15) is 9.59 Å². The van der Waals surface area contributed by atoms with E-state index in [2.05, 4.69) is 5.32 Å². The number of aryl methyl sites for hydroxylation is 1. The number of rotatable bonds is 4. The second-order valence-corrected chi connectivity index (χ2v) is 7.60. The quantitative estimate of drug-likeness (QED) is 0.887. The predicted octanol–water partition coefficient (Wildman–Crippen LogP) is 4.37. The molecule has 4 nitrogen and oxygen atoms in total. The fraction of sp³-hybridized carbons (Fsp3) is 0.300. The van der Waals surface area contributed by atoms with Crippen molar-refractivity contribution in [1.82, 2.24) is 0 Å². The fourth-order valence-electron chi connectivity index (χ4n) is 2.75. The number of thioether (sulfide) groups is 1. The highest BCUT2D eigenvalue weighted by Crippen LogP contribution is 2.42. The number of anilines is 2. The van der Waals surface area contributed by atoms with Gasteiger partial charge in [0.1, 0.15) is 5.37 Å². The van der Waals surface area contributed by atoms with E-state index in [0.29, 0.717) is 5.75 Å². The van der Waals surface area contributed by atoms with E-state index in [0.717, 1.165) is 22.5 Å². The predicted molar refractivity (Wildman–Crippen MR) is 104 cm³/mol. The first-order valence-electron chi connectivity index (χ1n) is 8.37. The summed E-state index contributed by atoms with van der Waals surface area (Å²) in [6, 6.07) is 15.8. The smallest absolute Gasteiger partial charge is 0.238 e. The third kappa shape index (κ3) is 3.87. The molecule has 2 amide bonds. The van der Waals surface area contributed by atoms with Crippen molar-refractivity contribution in [3.63, 3.8) is 0 Å². The number of nitrogens with one attached hydrogen (secondary N) is 1. The molecular weight excluding hydrogens is 332 g/mol. The lowest BCUT2D eigenvalue weighted by molar-refractivity contribution is -0.119. The van der Waals surface area contributed by atoms with Crippen LogP contribution >= 0.6 is 11.8 Å². The van der Waals surface area contributed by atoms with Crippen molar-refractivity contribution in [3.05, 3.63) is 59.7 Å². The normalized spacial score (nSPS) is 17.2. The number of hydrogen-bond acceptors (Lipinski definition) is 3. The van der Waals surface area contributed by atoms with E-state index < -0.39 is 0 Å². The minimum Gasteiger partial charge on any atom is -0.326 e. The Morgan fingerprint density at radius 1 is 1.20 bits per heavy atom. The minimum atomic E-state index is -0.0560. The zero-order valence-electron chi connectivity index (χ0n) is 14.7.